The SMILES string of the molecule is Cc1cccc(N(C)C(=O)c2nn(-c3ccc(F)cc3)c3c2CCCC3)c1C. The van der Waals surface area contributed by atoms with Gasteiger partial charge in [-0.2, -0.15) is 5.10 Å². The van der Waals surface area contributed by atoms with Crippen LogP contribution in [-0.2, 0) is 12.8 Å². The molecule has 5 heteroatoms. The summed E-state index contributed by atoms with van der Waals surface area (Å²) in [5, 5.41) is 4.69. The van der Waals surface area contributed by atoms with E-state index in [4.69, 9.17) is 5.10 Å². The maximum Gasteiger partial charge on any atom is 0.278 e. The Balaban J connectivity index is 1.78. The van der Waals surface area contributed by atoms with Crippen LogP contribution in [0.25, 0.3) is 5.69 Å². The monoisotopic (exact) mass is 377 g/mol. The number of carbonyl (C=O) groups excluding carboxylic acids is 1. The Hall–Kier alpha value is -2.95. The molecule has 144 valence electrons. The summed E-state index contributed by atoms with van der Waals surface area (Å²) >= 11 is 0. The molecule has 1 heterocycles. The molecule has 0 atom stereocenters. The first-order chi connectivity index (χ1) is 13.5. The van der Waals surface area contributed by atoms with Crippen molar-refractivity contribution in [3.05, 3.63) is 76.4 Å². The topological polar surface area (TPSA) is 38.1 Å². The van der Waals surface area contributed by atoms with Crippen LogP contribution in [0.5, 0.6) is 0 Å². The Morgan fingerprint density at radius 2 is 1.79 bits per heavy atom. The van der Waals surface area contributed by atoms with Gasteiger partial charge in [-0.05, 0) is 81.0 Å². The fourth-order valence-electron chi connectivity index (χ4n) is 3.93. The van der Waals surface area contributed by atoms with Crippen LogP contribution in [0, 0.1) is 19.7 Å². The predicted molar refractivity (Wildman–Crippen MR) is 109 cm³/mol. The molecule has 0 fully saturated rings. The molecule has 28 heavy (non-hydrogen) atoms. The van der Waals surface area contributed by atoms with Crippen molar-refractivity contribution in [2.45, 2.75) is 39.5 Å². The minimum absolute atomic E-state index is 0.104. The zero-order valence-electron chi connectivity index (χ0n) is 16.5. The lowest BCUT2D eigenvalue weighted by atomic mass is 9.95. The van der Waals surface area contributed by atoms with Gasteiger partial charge in [0.05, 0.1) is 5.69 Å². The van der Waals surface area contributed by atoms with E-state index in [2.05, 4.69) is 0 Å². The molecule has 0 saturated carbocycles. The molecule has 0 N–H and O–H groups in total. The Labute approximate surface area is 164 Å². The van der Waals surface area contributed by atoms with Gasteiger partial charge in [0.25, 0.3) is 5.91 Å². The molecule has 0 bridgehead atoms. The molecule has 0 radical (unpaired) electrons. The summed E-state index contributed by atoms with van der Waals surface area (Å²) in [4.78, 5) is 15.1. The van der Waals surface area contributed by atoms with Gasteiger partial charge >= 0.3 is 0 Å². The van der Waals surface area contributed by atoms with Crippen molar-refractivity contribution < 1.29 is 9.18 Å². The summed E-state index contributed by atoms with van der Waals surface area (Å²) in [5.41, 5.74) is 6.51. The number of hydrogen-bond donors (Lipinski definition) is 0. The second-order valence-electron chi connectivity index (χ2n) is 7.45. The zero-order chi connectivity index (χ0) is 19.8. The predicted octanol–water partition coefficient (Wildman–Crippen LogP) is 4.78. The molecule has 4 rings (SSSR count). The summed E-state index contributed by atoms with van der Waals surface area (Å²) in [5.74, 6) is -0.386. The molecule has 0 spiro atoms. The highest BCUT2D eigenvalue weighted by molar-refractivity contribution is 6.06. The molecule has 3 aromatic rings. The molecule has 4 nitrogen and oxygen atoms in total. The number of fused-ring (bicyclic) bond motifs is 1. The van der Waals surface area contributed by atoms with Crippen LogP contribution in [0.15, 0.2) is 42.5 Å². The maximum atomic E-state index is 13.4. The first kappa shape index (κ1) is 18.4. The van der Waals surface area contributed by atoms with Gasteiger partial charge in [-0.1, -0.05) is 12.1 Å². The number of benzene rings is 2. The number of anilines is 1. The smallest absolute Gasteiger partial charge is 0.278 e. The molecule has 1 aromatic heterocycles. The third-order valence-electron chi connectivity index (χ3n) is 5.70. The highest BCUT2D eigenvalue weighted by atomic mass is 19.1. The fraction of sp³-hybridized carbons (Fsp3) is 0.304. The van der Waals surface area contributed by atoms with E-state index in [0.29, 0.717) is 5.69 Å². The van der Waals surface area contributed by atoms with Crippen molar-refractivity contribution >= 4 is 11.6 Å². The number of aryl methyl sites for hydroxylation is 1. The molecule has 1 amide bonds. The molecular weight excluding hydrogens is 353 g/mol. The van der Waals surface area contributed by atoms with Gasteiger partial charge in [0.1, 0.15) is 5.82 Å². The minimum atomic E-state index is -0.282. The number of nitrogens with zero attached hydrogens (tertiary/aromatic N) is 3. The van der Waals surface area contributed by atoms with Crippen LogP contribution in [0.4, 0.5) is 10.1 Å². The summed E-state index contributed by atoms with van der Waals surface area (Å²) in [6, 6.07) is 12.2. The van der Waals surface area contributed by atoms with Crippen LogP contribution >= 0.6 is 0 Å². The lowest BCUT2D eigenvalue weighted by Gasteiger charge is -2.20. The van der Waals surface area contributed by atoms with Crippen molar-refractivity contribution in [3.8, 4) is 5.69 Å². The van der Waals surface area contributed by atoms with E-state index < -0.39 is 0 Å². The summed E-state index contributed by atoms with van der Waals surface area (Å²) in [7, 11) is 1.80. The standard InChI is InChI=1S/C23H24FN3O/c1-15-7-6-10-20(16(15)2)26(3)23(28)22-19-8-4-5-9-21(19)27(25-22)18-13-11-17(24)12-14-18/h6-7,10-14H,4-5,8-9H2,1-3H3. The van der Waals surface area contributed by atoms with Crippen molar-refractivity contribution in [3.63, 3.8) is 0 Å². The largest absolute Gasteiger partial charge is 0.310 e. The van der Waals surface area contributed by atoms with Crippen LogP contribution in [-0.4, -0.2) is 22.7 Å². The lowest BCUT2D eigenvalue weighted by molar-refractivity contribution is 0.0986. The average molecular weight is 377 g/mol. The highest BCUT2D eigenvalue weighted by Gasteiger charge is 2.28. The van der Waals surface area contributed by atoms with Crippen molar-refractivity contribution in [2.24, 2.45) is 0 Å². The van der Waals surface area contributed by atoms with Gasteiger partial charge in [0.15, 0.2) is 5.69 Å². The molecule has 2 aromatic carbocycles. The van der Waals surface area contributed by atoms with Gasteiger partial charge in [0, 0.05) is 24.0 Å². The van der Waals surface area contributed by atoms with Crippen LogP contribution < -0.4 is 4.90 Å². The highest BCUT2D eigenvalue weighted by Crippen LogP contribution is 2.29. The second kappa shape index (κ2) is 7.23. The molecule has 0 unspecified atom stereocenters. The molecule has 1 aliphatic rings. The van der Waals surface area contributed by atoms with Gasteiger partial charge in [-0.3, -0.25) is 4.79 Å². The zero-order valence-corrected chi connectivity index (χ0v) is 16.5. The third kappa shape index (κ3) is 3.11. The normalized spacial score (nSPS) is 13.3. The maximum absolute atomic E-state index is 13.4. The Bertz CT molecular complexity index is 1040. The van der Waals surface area contributed by atoms with Crippen molar-refractivity contribution in [1.82, 2.24) is 9.78 Å². The fourth-order valence-corrected chi connectivity index (χ4v) is 3.93. The van der Waals surface area contributed by atoms with Gasteiger partial charge in [0.2, 0.25) is 0 Å². The van der Waals surface area contributed by atoms with E-state index in [0.717, 1.165) is 59.4 Å². The molecular formula is C23H24FN3O. The van der Waals surface area contributed by atoms with Crippen LogP contribution in [0.2, 0.25) is 0 Å². The first-order valence-corrected chi connectivity index (χ1v) is 9.68. The third-order valence-corrected chi connectivity index (χ3v) is 5.70. The lowest BCUT2D eigenvalue weighted by Crippen LogP contribution is -2.28. The van der Waals surface area contributed by atoms with E-state index in [1.807, 2.05) is 36.7 Å². The second-order valence-corrected chi connectivity index (χ2v) is 7.45. The number of carbonyl (C=O) groups is 1. The summed E-state index contributed by atoms with van der Waals surface area (Å²) < 4.78 is 15.2. The van der Waals surface area contributed by atoms with E-state index in [-0.39, 0.29) is 11.7 Å². The van der Waals surface area contributed by atoms with E-state index >= 15 is 0 Å². The van der Waals surface area contributed by atoms with E-state index in [1.54, 1.807) is 24.1 Å². The molecule has 1 aliphatic carbocycles. The number of rotatable bonds is 3. The number of hydrogen-bond acceptors (Lipinski definition) is 2. The van der Waals surface area contributed by atoms with Crippen molar-refractivity contribution in [1.29, 1.82) is 0 Å². The number of halogens is 1. The molecule has 0 aliphatic heterocycles. The van der Waals surface area contributed by atoms with Crippen LogP contribution in [0.1, 0.15) is 45.7 Å². The van der Waals surface area contributed by atoms with E-state index in [9.17, 15) is 9.18 Å². The Kier molecular flexibility index (Phi) is 4.75. The number of aromatic nitrogens is 2. The Morgan fingerprint density at radius 3 is 2.54 bits per heavy atom. The Morgan fingerprint density at radius 1 is 1.07 bits per heavy atom. The van der Waals surface area contributed by atoms with E-state index in [1.165, 1.54) is 12.1 Å². The molecule has 0 saturated heterocycles. The first-order valence-electron chi connectivity index (χ1n) is 9.68. The summed E-state index contributed by atoms with van der Waals surface area (Å²) in [6.07, 6.45) is 3.84. The summed E-state index contributed by atoms with van der Waals surface area (Å²) in [6.45, 7) is 4.07. The van der Waals surface area contributed by atoms with Crippen molar-refractivity contribution in [2.75, 3.05) is 11.9 Å². The number of amides is 1. The minimum Gasteiger partial charge on any atom is -0.310 e. The van der Waals surface area contributed by atoms with Crippen LogP contribution in [0.3, 0.4) is 0 Å². The van der Waals surface area contributed by atoms with Gasteiger partial charge in [-0.25, -0.2) is 9.07 Å². The van der Waals surface area contributed by atoms with Gasteiger partial charge in [-0.15, -0.1) is 0 Å². The van der Waals surface area contributed by atoms with Gasteiger partial charge < -0.3 is 4.90 Å². The quantitative estimate of drug-likeness (QED) is 0.659. The average Bonchev–Trinajstić information content (AvgIpc) is 3.09.